The van der Waals surface area contributed by atoms with Gasteiger partial charge in [0, 0.05) is 13.5 Å². The van der Waals surface area contributed by atoms with Crippen molar-refractivity contribution in [1.82, 2.24) is 9.55 Å². The minimum absolute atomic E-state index is 0.395. The van der Waals surface area contributed by atoms with Gasteiger partial charge < -0.3 is 9.67 Å². The molecule has 1 N–H and O–H groups in total. The number of hydrogen-bond acceptors (Lipinski definition) is 3. The average Bonchev–Trinajstić information content (AvgIpc) is 2.97. The van der Waals surface area contributed by atoms with Crippen molar-refractivity contribution in [2.75, 3.05) is 0 Å². The second-order valence-corrected chi connectivity index (χ2v) is 5.25. The molecule has 5 heteroatoms. The molecule has 0 saturated carbocycles. The molecular weight excluding hydrogens is 260 g/mol. The summed E-state index contributed by atoms with van der Waals surface area (Å²) in [5.41, 5.74) is 2.81. The quantitative estimate of drug-likeness (QED) is 0.797. The van der Waals surface area contributed by atoms with Gasteiger partial charge in [-0.05, 0) is 29.1 Å². The average molecular weight is 272 g/mol. The van der Waals surface area contributed by atoms with Crippen molar-refractivity contribution in [3.05, 3.63) is 52.0 Å². The van der Waals surface area contributed by atoms with Gasteiger partial charge in [-0.25, -0.2) is 9.78 Å². The van der Waals surface area contributed by atoms with E-state index < -0.39 is 5.97 Å². The molecule has 3 rings (SSSR count). The topological polar surface area (TPSA) is 55.1 Å². The van der Waals surface area contributed by atoms with Crippen LogP contribution in [-0.4, -0.2) is 20.6 Å². The van der Waals surface area contributed by atoms with Gasteiger partial charge in [0.25, 0.3) is 0 Å². The number of hydrogen-bond donors (Lipinski definition) is 1. The molecule has 0 aliphatic carbocycles. The van der Waals surface area contributed by atoms with Gasteiger partial charge in [-0.1, -0.05) is 12.1 Å². The van der Waals surface area contributed by atoms with Gasteiger partial charge in [-0.2, -0.15) is 0 Å². The van der Waals surface area contributed by atoms with E-state index in [4.69, 9.17) is 5.11 Å². The van der Waals surface area contributed by atoms with Crippen LogP contribution < -0.4 is 0 Å². The molecular formula is C14H12N2O2S. The van der Waals surface area contributed by atoms with Crippen LogP contribution in [0.1, 0.15) is 21.1 Å². The molecule has 0 fully saturated rings. The molecule has 0 spiro atoms. The number of benzene rings is 1. The highest BCUT2D eigenvalue weighted by Gasteiger charge is 2.15. The van der Waals surface area contributed by atoms with Crippen molar-refractivity contribution < 1.29 is 9.90 Å². The highest BCUT2D eigenvalue weighted by molar-refractivity contribution is 7.12. The van der Waals surface area contributed by atoms with Gasteiger partial charge in [-0.15, -0.1) is 11.3 Å². The summed E-state index contributed by atoms with van der Waals surface area (Å²) >= 11 is 1.25. The Labute approximate surface area is 113 Å². The van der Waals surface area contributed by atoms with Gasteiger partial charge >= 0.3 is 5.97 Å². The summed E-state index contributed by atoms with van der Waals surface area (Å²) in [7, 11) is 1.96. The lowest BCUT2D eigenvalue weighted by molar-refractivity contribution is 0.0701. The van der Waals surface area contributed by atoms with Crippen LogP contribution in [0.2, 0.25) is 0 Å². The summed E-state index contributed by atoms with van der Waals surface area (Å²) in [6.45, 7) is 0. The lowest BCUT2D eigenvalue weighted by atomic mass is 10.2. The van der Waals surface area contributed by atoms with Crippen molar-refractivity contribution >= 4 is 28.3 Å². The molecule has 19 heavy (non-hydrogen) atoms. The molecule has 0 aliphatic rings. The Morgan fingerprint density at radius 3 is 2.89 bits per heavy atom. The van der Waals surface area contributed by atoms with Crippen LogP contribution in [0.15, 0.2) is 35.7 Å². The standard InChI is InChI=1S/C14H12N2O2S/c1-16-11-5-3-2-4-10(11)15-12(16)8-9-6-7-19-13(9)14(17)18/h2-7H,8H2,1H3,(H,17,18). The second-order valence-electron chi connectivity index (χ2n) is 4.33. The zero-order chi connectivity index (χ0) is 13.4. The zero-order valence-corrected chi connectivity index (χ0v) is 11.1. The second kappa shape index (κ2) is 4.51. The van der Waals surface area contributed by atoms with Gasteiger partial charge in [0.1, 0.15) is 10.7 Å². The van der Waals surface area contributed by atoms with Crippen LogP contribution in [0.25, 0.3) is 11.0 Å². The Hall–Kier alpha value is -2.14. The number of aryl methyl sites for hydroxylation is 1. The summed E-state index contributed by atoms with van der Waals surface area (Å²) in [5.74, 6) is 0.00543. The number of thiophene rings is 1. The fourth-order valence-electron chi connectivity index (χ4n) is 2.19. The van der Waals surface area contributed by atoms with Gasteiger partial charge in [0.15, 0.2) is 0 Å². The van der Waals surface area contributed by atoms with Crippen LogP contribution in [0.3, 0.4) is 0 Å². The van der Waals surface area contributed by atoms with Gasteiger partial charge in [0.05, 0.1) is 11.0 Å². The molecule has 0 aliphatic heterocycles. The fraction of sp³-hybridized carbons (Fsp3) is 0.143. The third-order valence-corrected chi connectivity index (χ3v) is 4.11. The molecule has 96 valence electrons. The molecule has 4 nitrogen and oxygen atoms in total. The summed E-state index contributed by atoms with van der Waals surface area (Å²) in [5, 5.41) is 10.9. The normalized spacial score (nSPS) is 11.0. The highest BCUT2D eigenvalue weighted by atomic mass is 32.1. The van der Waals surface area contributed by atoms with E-state index in [1.54, 1.807) is 5.38 Å². The lowest BCUT2D eigenvalue weighted by Crippen LogP contribution is -2.02. The Kier molecular flexibility index (Phi) is 2.83. The number of aromatic nitrogens is 2. The van der Waals surface area contributed by atoms with E-state index in [0.29, 0.717) is 11.3 Å². The van der Waals surface area contributed by atoms with E-state index in [9.17, 15) is 4.79 Å². The van der Waals surface area contributed by atoms with E-state index in [0.717, 1.165) is 22.4 Å². The summed E-state index contributed by atoms with van der Waals surface area (Å²) in [6.07, 6.45) is 0.538. The number of fused-ring (bicyclic) bond motifs is 1. The van der Waals surface area contributed by atoms with Crippen LogP contribution in [0.4, 0.5) is 0 Å². The highest BCUT2D eigenvalue weighted by Crippen LogP contribution is 2.22. The Morgan fingerprint density at radius 2 is 2.16 bits per heavy atom. The monoisotopic (exact) mass is 272 g/mol. The zero-order valence-electron chi connectivity index (χ0n) is 10.3. The number of imidazole rings is 1. The SMILES string of the molecule is Cn1c(Cc2ccsc2C(=O)O)nc2ccccc21. The number of carbonyl (C=O) groups is 1. The van der Waals surface area contributed by atoms with Gasteiger partial charge in [-0.3, -0.25) is 0 Å². The van der Waals surface area contributed by atoms with Crippen molar-refractivity contribution in [2.45, 2.75) is 6.42 Å². The summed E-state index contributed by atoms with van der Waals surface area (Å²) in [4.78, 5) is 16.1. The molecule has 0 bridgehead atoms. The van der Waals surface area contributed by atoms with Crippen LogP contribution >= 0.6 is 11.3 Å². The summed E-state index contributed by atoms with van der Waals surface area (Å²) < 4.78 is 2.01. The largest absolute Gasteiger partial charge is 0.477 e. The van der Waals surface area contributed by atoms with Crippen LogP contribution in [0.5, 0.6) is 0 Å². The molecule has 0 radical (unpaired) electrons. The number of carboxylic acid groups (broad SMARTS) is 1. The molecule has 0 amide bonds. The van der Waals surface area contributed by atoms with E-state index in [1.807, 2.05) is 41.9 Å². The maximum Gasteiger partial charge on any atom is 0.346 e. The molecule has 0 atom stereocenters. The Balaban J connectivity index is 2.04. The smallest absolute Gasteiger partial charge is 0.346 e. The first kappa shape index (κ1) is 11.9. The number of aromatic carboxylic acids is 1. The molecule has 0 unspecified atom stereocenters. The maximum absolute atomic E-state index is 11.1. The van der Waals surface area contributed by atoms with Gasteiger partial charge in [0.2, 0.25) is 0 Å². The predicted molar refractivity (Wildman–Crippen MR) is 74.8 cm³/mol. The first-order valence-corrected chi connectivity index (χ1v) is 6.75. The third kappa shape index (κ3) is 2.02. The van der Waals surface area contributed by atoms with E-state index in [-0.39, 0.29) is 0 Å². The predicted octanol–water partition coefficient (Wildman–Crippen LogP) is 2.92. The summed E-state index contributed by atoms with van der Waals surface area (Å²) in [6, 6.07) is 9.75. The fourth-order valence-corrected chi connectivity index (χ4v) is 2.95. The van der Waals surface area contributed by atoms with Crippen molar-refractivity contribution in [3.8, 4) is 0 Å². The molecule has 0 saturated heterocycles. The lowest BCUT2D eigenvalue weighted by Gasteiger charge is -2.02. The maximum atomic E-state index is 11.1. The van der Waals surface area contributed by atoms with E-state index >= 15 is 0 Å². The Morgan fingerprint density at radius 1 is 1.37 bits per heavy atom. The minimum Gasteiger partial charge on any atom is -0.477 e. The number of nitrogens with zero attached hydrogens (tertiary/aromatic N) is 2. The van der Waals surface area contributed by atoms with Crippen molar-refractivity contribution in [3.63, 3.8) is 0 Å². The molecule has 2 heterocycles. The van der Waals surface area contributed by atoms with Crippen LogP contribution in [0, 0.1) is 0 Å². The first-order chi connectivity index (χ1) is 9.16. The van der Waals surface area contributed by atoms with E-state index in [2.05, 4.69) is 4.98 Å². The van der Waals surface area contributed by atoms with Crippen molar-refractivity contribution in [2.24, 2.45) is 7.05 Å². The first-order valence-electron chi connectivity index (χ1n) is 5.87. The van der Waals surface area contributed by atoms with Crippen molar-refractivity contribution in [1.29, 1.82) is 0 Å². The third-order valence-electron chi connectivity index (χ3n) is 3.17. The number of carboxylic acids is 1. The number of rotatable bonds is 3. The molecule has 2 aromatic heterocycles. The molecule has 1 aromatic carbocycles. The van der Waals surface area contributed by atoms with E-state index in [1.165, 1.54) is 11.3 Å². The van der Waals surface area contributed by atoms with Crippen LogP contribution in [-0.2, 0) is 13.5 Å². The molecule has 3 aromatic rings. The number of para-hydroxylation sites is 2. The minimum atomic E-state index is -0.872. The Bertz CT molecular complexity index is 758.